The second-order valence-corrected chi connectivity index (χ2v) is 6.59. The van der Waals surface area contributed by atoms with Gasteiger partial charge < -0.3 is 15.3 Å². The number of nitrogens with one attached hydrogen (secondary N) is 1. The fourth-order valence-electron chi connectivity index (χ4n) is 1.95. The fraction of sp³-hybridized carbons (Fsp3) is 0.545. The van der Waals surface area contributed by atoms with Gasteiger partial charge in [-0.05, 0) is 39.4 Å². The predicted molar refractivity (Wildman–Crippen MR) is 70.9 cm³/mol. The van der Waals surface area contributed by atoms with Gasteiger partial charge in [-0.15, -0.1) is 11.3 Å². The first-order valence-electron chi connectivity index (χ1n) is 5.45. The number of carbonyl (C=O) groups is 1. The number of thiophene rings is 1. The number of rotatable bonds is 3. The maximum absolute atomic E-state index is 12.0. The largest absolute Gasteiger partial charge is 0.392 e. The van der Waals surface area contributed by atoms with Gasteiger partial charge >= 0.3 is 0 Å². The molecule has 2 heterocycles. The SMILES string of the molecule is CN(Cc1csc(Br)c1)C(=O)[C@@H]1C[C@@H](O)CN1. The van der Waals surface area contributed by atoms with Gasteiger partial charge in [0.2, 0.25) is 5.91 Å². The standard InChI is InChI=1S/C11H15BrN2O2S/c1-14(5-7-2-10(12)17-6-7)11(16)9-3-8(15)4-13-9/h2,6,8-9,13,15H,3-5H2,1H3/t8-,9+/m1/s1. The highest BCUT2D eigenvalue weighted by Gasteiger charge is 2.29. The van der Waals surface area contributed by atoms with Crippen LogP contribution < -0.4 is 5.32 Å². The normalized spacial score (nSPS) is 23.9. The lowest BCUT2D eigenvalue weighted by Crippen LogP contribution is -2.41. The van der Waals surface area contributed by atoms with Crippen molar-refractivity contribution < 1.29 is 9.90 Å². The predicted octanol–water partition coefficient (Wildman–Crippen LogP) is 1.19. The Morgan fingerprint density at radius 1 is 1.76 bits per heavy atom. The van der Waals surface area contributed by atoms with Crippen LogP contribution in [0.15, 0.2) is 15.2 Å². The summed E-state index contributed by atoms with van der Waals surface area (Å²) >= 11 is 5.02. The number of aliphatic hydroxyl groups excluding tert-OH is 1. The van der Waals surface area contributed by atoms with Crippen LogP contribution in [0, 0.1) is 0 Å². The van der Waals surface area contributed by atoms with Crippen molar-refractivity contribution in [3.05, 3.63) is 20.8 Å². The molecule has 2 N–H and O–H groups in total. The zero-order chi connectivity index (χ0) is 12.4. The molecular weight excluding hydrogens is 304 g/mol. The third kappa shape index (κ3) is 3.28. The highest BCUT2D eigenvalue weighted by atomic mass is 79.9. The number of hydrogen-bond acceptors (Lipinski definition) is 4. The van der Waals surface area contributed by atoms with Crippen LogP contribution in [0.25, 0.3) is 0 Å². The van der Waals surface area contributed by atoms with E-state index >= 15 is 0 Å². The van der Waals surface area contributed by atoms with E-state index in [1.54, 1.807) is 23.3 Å². The number of β-amino-alcohol motifs (C(OH)–C–C–N with tert-alkyl or cyclic N) is 1. The Morgan fingerprint density at radius 3 is 3.06 bits per heavy atom. The Bertz CT molecular complexity index is 410. The number of carbonyl (C=O) groups excluding carboxylic acids is 1. The van der Waals surface area contributed by atoms with Crippen molar-refractivity contribution in [1.82, 2.24) is 10.2 Å². The fourth-order valence-corrected chi connectivity index (χ4v) is 3.15. The summed E-state index contributed by atoms with van der Waals surface area (Å²) < 4.78 is 1.07. The second-order valence-electron chi connectivity index (χ2n) is 4.30. The van der Waals surface area contributed by atoms with Crippen molar-refractivity contribution >= 4 is 33.2 Å². The van der Waals surface area contributed by atoms with Gasteiger partial charge in [-0.25, -0.2) is 0 Å². The molecule has 1 fully saturated rings. The van der Waals surface area contributed by atoms with Crippen molar-refractivity contribution in [2.75, 3.05) is 13.6 Å². The van der Waals surface area contributed by atoms with Crippen molar-refractivity contribution in [3.8, 4) is 0 Å². The third-order valence-corrected chi connectivity index (χ3v) is 4.38. The minimum atomic E-state index is -0.396. The minimum absolute atomic E-state index is 0.0453. The Balaban J connectivity index is 1.91. The smallest absolute Gasteiger partial charge is 0.239 e. The Kier molecular flexibility index (Phi) is 4.19. The molecule has 0 saturated carbocycles. The van der Waals surface area contributed by atoms with Crippen LogP contribution in [0.5, 0.6) is 0 Å². The molecule has 1 aliphatic heterocycles. The summed E-state index contributed by atoms with van der Waals surface area (Å²) in [4.78, 5) is 13.7. The summed E-state index contributed by atoms with van der Waals surface area (Å²) in [5, 5.41) is 14.4. The Hall–Kier alpha value is -0.430. The molecule has 4 nitrogen and oxygen atoms in total. The Morgan fingerprint density at radius 2 is 2.53 bits per heavy atom. The molecule has 1 amide bonds. The van der Waals surface area contributed by atoms with E-state index in [4.69, 9.17) is 0 Å². The molecule has 1 saturated heterocycles. The van der Waals surface area contributed by atoms with Crippen LogP contribution in [-0.4, -0.2) is 41.7 Å². The van der Waals surface area contributed by atoms with Crippen LogP contribution in [0.1, 0.15) is 12.0 Å². The van der Waals surface area contributed by atoms with Gasteiger partial charge in [0.15, 0.2) is 0 Å². The van der Waals surface area contributed by atoms with Gasteiger partial charge in [0, 0.05) is 20.1 Å². The lowest BCUT2D eigenvalue weighted by atomic mass is 10.2. The molecule has 0 aromatic carbocycles. The number of nitrogens with zero attached hydrogens (tertiary/aromatic N) is 1. The molecule has 2 atom stereocenters. The number of aliphatic hydroxyl groups is 1. The van der Waals surface area contributed by atoms with Crippen molar-refractivity contribution in [2.45, 2.75) is 25.1 Å². The molecule has 94 valence electrons. The molecule has 0 spiro atoms. The molecule has 17 heavy (non-hydrogen) atoms. The topological polar surface area (TPSA) is 52.6 Å². The summed E-state index contributed by atoms with van der Waals surface area (Å²) in [6.07, 6.45) is 0.115. The molecule has 0 bridgehead atoms. The molecule has 1 aromatic heterocycles. The lowest BCUT2D eigenvalue weighted by Gasteiger charge is -2.20. The van der Waals surface area contributed by atoms with Gasteiger partial charge in [0.25, 0.3) is 0 Å². The maximum atomic E-state index is 12.0. The first-order chi connectivity index (χ1) is 8.06. The van der Waals surface area contributed by atoms with Crippen LogP contribution >= 0.6 is 27.3 Å². The van der Waals surface area contributed by atoms with Crippen LogP contribution in [0.2, 0.25) is 0 Å². The van der Waals surface area contributed by atoms with Crippen LogP contribution in [0.4, 0.5) is 0 Å². The van der Waals surface area contributed by atoms with Crippen molar-refractivity contribution in [3.63, 3.8) is 0 Å². The summed E-state index contributed by atoms with van der Waals surface area (Å²) in [7, 11) is 1.79. The summed E-state index contributed by atoms with van der Waals surface area (Å²) in [5.41, 5.74) is 1.12. The van der Waals surface area contributed by atoms with Gasteiger partial charge in [0.05, 0.1) is 15.9 Å². The van der Waals surface area contributed by atoms with E-state index in [1.165, 1.54) is 0 Å². The molecule has 0 radical (unpaired) electrons. The molecule has 2 rings (SSSR count). The van der Waals surface area contributed by atoms with Crippen LogP contribution in [-0.2, 0) is 11.3 Å². The van der Waals surface area contributed by atoms with Gasteiger partial charge in [-0.1, -0.05) is 0 Å². The van der Waals surface area contributed by atoms with Gasteiger partial charge in [0.1, 0.15) is 0 Å². The van der Waals surface area contributed by atoms with E-state index in [1.807, 2.05) is 11.4 Å². The molecule has 0 aliphatic carbocycles. The monoisotopic (exact) mass is 318 g/mol. The van der Waals surface area contributed by atoms with Crippen molar-refractivity contribution in [2.24, 2.45) is 0 Å². The number of amides is 1. The molecule has 1 aliphatic rings. The zero-order valence-corrected chi connectivity index (χ0v) is 11.9. The zero-order valence-electron chi connectivity index (χ0n) is 9.52. The first-order valence-corrected chi connectivity index (χ1v) is 7.13. The maximum Gasteiger partial charge on any atom is 0.239 e. The van der Waals surface area contributed by atoms with E-state index in [2.05, 4.69) is 21.2 Å². The average Bonchev–Trinajstić information content (AvgIpc) is 2.87. The highest BCUT2D eigenvalue weighted by Crippen LogP contribution is 2.22. The van der Waals surface area contributed by atoms with Crippen LogP contribution in [0.3, 0.4) is 0 Å². The summed E-state index contributed by atoms with van der Waals surface area (Å²) in [6, 6.07) is 1.78. The summed E-state index contributed by atoms with van der Waals surface area (Å²) in [5.74, 6) is 0.0453. The molecular formula is C11H15BrN2O2S. The molecule has 6 heteroatoms. The van der Waals surface area contributed by atoms with E-state index in [9.17, 15) is 9.90 Å². The number of hydrogen-bond donors (Lipinski definition) is 2. The number of halogens is 1. The second kappa shape index (κ2) is 5.48. The third-order valence-electron chi connectivity index (χ3n) is 2.82. The average molecular weight is 319 g/mol. The minimum Gasteiger partial charge on any atom is -0.392 e. The highest BCUT2D eigenvalue weighted by molar-refractivity contribution is 9.11. The lowest BCUT2D eigenvalue weighted by molar-refractivity contribution is -0.132. The Labute approximate surface area is 113 Å². The quantitative estimate of drug-likeness (QED) is 0.880. The van der Waals surface area contributed by atoms with Crippen molar-refractivity contribution in [1.29, 1.82) is 0 Å². The van der Waals surface area contributed by atoms with E-state index in [-0.39, 0.29) is 11.9 Å². The van der Waals surface area contributed by atoms with E-state index in [0.29, 0.717) is 19.5 Å². The van der Waals surface area contributed by atoms with Gasteiger partial charge in [-0.3, -0.25) is 4.79 Å². The first kappa shape index (κ1) is 13.0. The molecule has 0 unspecified atom stereocenters. The van der Waals surface area contributed by atoms with E-state index < -0.39 is 6.10 Å². The van der Waals surface area contributed by atoms with Gasteiger partial charge in [-0.2, -0.15) is 0 Å². The van der Waals surface area contributed by atoms with E-state index in [0.717, 1.165) is 9.35 Å². The number of likely N-dealkylation sites (N-methyl/N-ethyl adjacent to an activating group) is 1. The summed E-state index contributed by atoms with van der Waals surface area (Å²) in [6.45, 7) is 1.11. The molecule has 1 aromatic rings.